The molecule has 1 fully saturated rings. The van der Waals surface area contributed by atoms with E-state index in [4.69, 9.17) is 0 Å². The van der Waals surface area contributed by atoms with Gasteiger partial charge in [-0.15, -0.1) is 12.4 Å². The Hall–Kier alpha value is -0.270. The average Bonchev–Trinajstić information content (AvgIpc) is 2.66. The van der Waals surface area contributed by atoms with Crippen LogP contribution < -0.4 is 10.6 Å². The van der Waals surface area contributed by atoms with Crippen molar-refractivity contribution in [1.29, 1.82) is 0 Å². The SMILES string of the molecule is Cl.O=C(N[C@@H]1CCCNC1)c1cc(I)c[nH]1. The summed E-state index contributed by atoms with van der Waals surface area (Å²) in [5.74, 6) is -0.00776. The molecule has 1 aromatic rings. The number of piperidine rings is 1. The van der Waals surface area contributed by atoms with Crippen molar-refractivity contribution in [3.05, 3.63) is 21.5 Å². The molecule has 2 rings (SSSR count). The lowest BCUT2D eigenvalue weighted by molar-refractivity contribution is 0.0926. The summed E-state index contributed by atoms with van der Waals surface area (Å²) in [6, 6.07) is 2.12. The molecule has 1 atom stereocenters. The van der Waals surface area contributed by atoms with Crippen molar-refractivity contribution < 1.29 is 4.79 Å². The van der Waals surface area contributed by atoms with Crippen LogP contribution in [0.4, 0.5) is 0 Å². The van der Waals surface area contributed by atoms with Gasteiger partial charge in [0.1, 0.15) is 5.69 Å². The van der Waals surface area contributed by atoms with E-state index in [2.05, 4.69) is 38.2 Å². The van der Waals surface area contributed by atoms with Crippen LogP contribution in [0.2, 0.25) is 0 Å². The number of amides is 1. The van der Waals surface area contributed by atoms with Crippen LogP contribution in [-0.4, -0.2) is 30.0 Å². The molecule has 1 aliphatic rings. The number of H-pyrrole nitrogens is 1. The zero-order valence-electron chi connectivity index (χ0n) is 8.75. The fourth-order valence-electron chi connectivity index (χ4n) is 1.74. The van der Waals surface area contributed by atoms with Gasteiger partial charge in [0.2, 0.25) is 0 Å². The lowest BCUT2D eigenvalue weighted by atomic mass is 10.1. The summed E-state index contributed by atoms with van der Waals surface area (Å²) in [5, 5.41) is 6.28. The highest BCUT2D eigenvalue weighted by molar-refractivity contribution is 14.1. The highest BCUT2D eigenvalue weighted by Crippen LogP contribution is 2.07. The third-order valence-electron chi connectivity index (χ3n) is 2.52. The summed E-state index contributed by atoms with van der Waals surface area (Å²) in [5.41, 5.74) is 0.643. The Bertz CT molecular complexity index is 350. The number of nitrogens with one attached hydrogen (secondary N) is 3. The van der Waals surface area contributed by atoms with Gasteiger partial charge in [-0.1, -0.05) is 0 Å². The van der Waals surface area contributed by atoms with Crippen LogP contribution in [-0.2, 0) is 0 Å². The summed E-state index contributed by atoms with van der Waals surface area (Å²) in [6.07, 6.45) is 4.03. The molecular weight excluding hydrogens is 340 g/mol. The minimum absolute atomic E-state index is 0. The van der Waals surface area contributed by atoms with Gasteiger partial charge >= 0.3 is 0 Å². The van der Waals surface area contributed by atoms with E-state index in [9.17, 15) is 4.79 Å². The van der Waals surface area contributed by atoms with E-state index >= 15 is 0 Å². The number of aromatic amines is 1. The quantitative estimate of drug-likeness (QED) is 0.705. The molecule has 0 saturated carbocycles. The van der Waals surface area contributed by atoms with E-state index in [1.165, 1.54) is 0 Å². The lowest BCUT2D eigenvalue weighted by Crippen LogP contribution is -2.45. The normalized spacial score (nSPS) is 19.9. The van der Waals surface area contributed by atoms with Gasteiger partial charge in [-0.2, -0.15) is 0 Å². The van der Waals surface area contributed by atoms with Crippen molar-refractivity contribution in [3.63, 3.8) is 0 Å². The zero-order valence-corrected chi connectivity index (χ0v) is 11.7. The summed E-state index contributed by atoms with van der Waals surface area (Å²) in [4.78, 5) is 14.7. The Kier molecular flexibility index (Phi) is 5.57. The van der Waals surface area contributed by atoms with Crippen molar-refractivity contribution in [1.82, 2.24) is 15.6 Å². The number of halogens is 2. The largest absolute Gasteiger partial charge is 0.356 e. The molecule has 0 radical (unpaired) electrons. The molecule has 16 heavy (non-hydrogen) atoms. The summed E-state index contributed by atoms with van der Waals surface area (Å²) < 4.78 is 1.06. The van der Waals surface area contributed by atoms with Gasteiger partial charge in [-0.05, 0) is 48.0 Å². The third-order valence-corrected chi connectivity index (χ3v) is 3.15. The molecule has 4 nitrogen and oxygen atoms in total. The maximum atomic E-state index is 11.8. The molecule has 1 saturated heterocycles. The molecule has 90 valence electrons. The number of hydrogen-bond donors (Lipinski definition) is 3. The predicted octanol–water partition coefficient (Wildman–Crippen LogP) is 1.52. The molecule has 1 amide bonds. The Morgan fingerprint density at radius 3 is 2.94 bits per heavy atom. The second kappa shape index (κ2) is 6.46. The highest BCUT2D eigenvalue weighted by Gasteiger charge is 2.16. The minimum atomic E-state index is -0.00776. The van der Waals surface area contributed by atoms with Gasteiger partial charge in [-0.3, -0.25) is 4.79 Å². The van der Waals surface area contributed by atoms with Crippen molar-refractivity contribution in [2.24, 2.45) is 0 Å². The van der Waals surface area contributed by atoms with Gasteiger partial charge in [0.15, 0.2) is 0 Å². The zero-order chi connectivity index (χ0) is 10.7. The van der Waals surface area contributed by atoms with E-state index in [0.717, 1.165) is 29.5 Å². The summed E-state index contributed by atoms with van der Waals surface area (Å²) in [6.45, 7) is 1.94. The van der Waals surface area contributed by atoms with Gasteiger partial charge in [0, 0.05) is 22.4 Å². The molecule has 0 spiro atoms. The van der Waals surface area contributed by atoms with E-state index in [1.807, 2.05) is 12.3 Å². The monoisotopic (exact) mass is 355 g/mol. The number of aromatic nitrogens is 1. The van der Waals surface area contributed by atoms with Crippen molar-refractivity contribution in [2.75, 3.05) is 13.1 Å². The first-order chi connectivity index (χ1) is 7.25. The maximum absolute atomic E-state index is 11.8. The first-order valence-corrected chi connectivity index (χ1v) is 6.19. The van der Waals surface area contributed by atoms with E-state index in [1.54, 1.807) is 0 Å². The molecular formula is C10H15ClIN3O. The third kappa shape index (κ3) is 3.64. The number of hydrogen-bond acceptors (Lipinski definition) is 2. The van der Waals surface area contributed by atoms with E-state index < -0.39 is 0 Å². The molecule has 3 N–H and O–H groups in total. The predicted molar refractivity (Wildman–Crippen MR) is 74.1 cm³/mol. The standard InChI is InChI=1S/C10H14IN3O.ClH/c11-7-4-9(13-5-7)10(15)14-8-2-1-3-12-6-8;/h4-5,8,12-13H,1-3,6H2,(H,14,15);1H/t8-;/m1./s1. The molecule has 0 aromatic carbocycles. The van der Waals surface area contributed by atoms with Crippen LogP contribution in [0.15, 0.2) is 12.3 Å². The molecule has 2 heterocycles. The van der Waals surface area contributed by atoms with Crippen LogP contribution in [0.25, 0.3) is 0 Å². The summed E-state index contributed by atoms with van der Waals surface area (Å²) in [7, 11) is 0. The van der Waals surface area contributed by atoms with Crippen LogP contribution in [0.5, 0.6) is 0 Å². The Morgan fingerprint density at radius 2 is 2.38 bits per heavy atom. The second-order valence-electron chi connectivity index (χ2n) is 3.75. The van der Waals surface area contributed by atoms with Crippen molar-refractivity contribution in [2.45, 2.75) is 18.9 Å². The van der Waals surface area contributed by atoms with Crippen LogP contribution in [0.1, 0.15) is 23.3 Å². The van der Waals surface area contributed by atoms with Crippen LogP contribution >= 0.6 is 35.0 Å². The molecule has 0 bridgehead atoms. The smallest absolute Gasteiger partial charge is 0.267 e. The van der Waals surface area contributed by atoms with Gasteiger partial charge < -0.3 is 15.6 Å². The van der Waals surface area contributed by atoms with Gasteiger partial charge in [-0.25, -0.2) is 0 Å². The molecule has 0 aliphatic carbocycles. The Morgan fingerprint density at radius 1 is 1.56 bits per heavy atom. The lowest BCUT2D eigenvalue weighted by Gasteiger charge is -2.23. The number of rotatable bonds is 2. The Labute approximate surface area is 115 Å². The van der Waals surface area contributed by atoms with E-state index in [-0.39, 0.29) is 24.4 Å². The Balaban J connectivity index is 0.00000128. The molecule has 6 heteroatoms. The first-order valence-electron chi connectivity index (χ1n) is 5.11. The second-order valence-corrected chi connectivity index (χ2v) is 4.99. The van der Waals surface area contributed by atoms with Gasteiger partial charge in [0.05, 0.1) is 0 Å². The molecule has 0 unspecified atom stereocenters. The number of carbonyl (C=O) groups is 1. The van der Waals surface area contributed by atoms with Crippen LogP contribution in [0, 0.1) is 3.57 Å². The van der Waals surface area contributed by atoms with E-state index in [0.29, 0.717) is 5.69 Å². The minimum Gasteiger partial charge on any atom is -0.356 e. The van der Waals surface area contributed by atoms with Crippen molar-refractivity contribution in [3.8, 4) is 0 Å². The topological polar surface area (TPSA) is 56.9 Å². The molecule has 1 aromatic heterocycles. The fourth-order valence-corrected chi connectivity index (χ4v) is 2.20. The average molecular weight is 356 g/mol. The molecule has 1 aliphatic heterocycles. The van der Waals surface area contributed by atoms with Gasteiger partial charge in [0.25, 0.3) is 5.91 Å². The number of carbonyl (C=O) groups excluding carboxylic acids is 1. The van der Waals surface area contributed by atoms with Crippen LogP contribution in [0.3, 0.4) is 0 Å². The first kappa shape index (κ1) is 13.8. The maximum Gasteiger partial charge on any atom is 0.267 e. The fraction of sp³-hybridized carbons (Fsp3) is 0.500. The summed E-state index contributed by atoms with van der Waals surface area (Å²) >= 11 is 2.18. The highest BCUT2D eigenvalue weighted by atomic mass is 127. The van der Waals surface area contributed by atoms with Crippen molar-refractivity contribution >= 4 is 40.9 Å².